The van der Waals surface area contributed by atoms with Crippen LogP contribution in [0.2, 0.25) is 0 Å². The van der Waals surface area contributed by atoms with E-state index in [2.05, 4.69) is 5.32 Å². The van der Waals surface area contributed by atoms with Crippen LogP contribution in [0.5, 0.6) is 0 Å². The Morgan fingerprint density at radius 1 is 1.43 bits per heavy atom. The standard InChI is InChI=1S/C11H13F2N/c1-11(2,13)9-6-7-4-3-5-8(12)10(7)14-9/h3-5,9,14H,6H2,1-2H3. The van der Waals surface area contributed by atoms with E-state index in [9.17, 15) is 8.78 Å². The predicted octanol–water partition coefficient (Wildman–Crippen LogP) is 2.91. The van der Waals surface area contributed by atoms with Gasteiger partial charge in [-0.2, -0.15) is 0 Å². The lowest BCUT2D eigenvalue weighted by Gasteiger charge is -2.23. The molecule has 0 amide bonds. The van der Waals surface area contributed by atoms with E-state index in [-0.39, 0.29) is 11.9 Å². The van der Waals surface area contributed by atoms with Gasteiger partial charge in [0, 0.05) is 0 Å². The van der Waals surface area contributed by atoms with Crippen LogP contribution in [0.25, 0.3) is 0 Å². The van der Waals surface area contributed by atoms with E-state index in [0.717, 1.165) is 5.56 Å². The average molecular weight is 197 g/mol. The zero-order valence-corrected chi connectivity index (χ0v) is 8.27. The molecule has 0 aromatic heterocycles. The van der Waals surface area contributed by atoms with Gasteiger partial charge in [-0.1, -0.05) is 12.1 Å². The van der Waals surface area contributed by atoms with Gasteiger partial charge >= 0.3 is 0 Å². The van der Waals surface area contributed by atoms with Gasteiger partial charge in [0.2, 0.25) is 0 Å². The molecule has 0 spiro atoms. The molecule has 1 nitrogen and oxygen atoms in total. The molecule has 1 N–H and O–H groups in total. The van der Waals surface area contributed by atoms with Crippen LogP contribution in [-0.2, 0) is 6.42 Å². The minimum absolute atomic E-state index is 0.297. The van der Waals surface area contributed by atoms with Gasteiger partial charge < -0.3 is 5.32 Å². The Balaban J connectivity index is 2.31. The zero-order chi connectivity index (χ0) is 10.3. The Morgan fingerprint density at radius 2 is 2.14 bits per heavy atom. The number of benzene rings is 1. The summed E-state index contributed by atoms with van der Waals surface area (Å²) in [5.41, 5.74) is -0.00481. The first-order valence-corrected chi connectivity index (χ1v) is 4.71. The molecule has 1 aliphatic heterocycles. The number of nitrogens with one attached hydrogen (secondary N) is 1. The second-order valence-corrected chi connectivity index (χ2v) is 4.24. The smallest absolute Gasteiger partial charge is 0.146 e. The van der Waals surface area contributed by atoms with Crippen LogP contribution >= 0.6 is 0 Å². The van der Waals surface area contributed by atoms with E-state index in [1.165, 1.54) is 19.9 Å². The highest BCUT2D eigenvalue weighted by Gasteiger charge is 2.35. The lowest BCUT2D eigenvalue weighted by atomic mass is 9.98. The maximum absolute atomic E-state index is 13.6. The summed E-state index contributed by atoms with van der Waals surface area (Å²) in [6.07, 6.45) is 0.552. The van der Waals surface area contributed by atoms with E-state index in [1.54, 1.807) is 6.07 Å². The van der Waals surface area contributed by atoms with Crippen molar-refractivity contribution in [3.63, 3.8) is 0 Å². The molecule has 1 atom stereocenters. The van der Waals surface area contributed by atoms with Gasteiger partial charge in [-0.25, -0.2) is 8.78 Å². The van der Waals surface area contributed by atoms with E-state index in [0.29, 0.717) is 12.1 Å². The van der Waals surface area contributed by atoms with Crippen molar-refractivity contribution in [2.75, 3.05) is 5.32 Å². The van der Waals surface area contributed by atoms with Gasteiger partial charge in [0.05, 0.1) is 11.7 Å². The molecule has 0 saturated heterocycles. The third-order valence-corrected chi connectivity index (χ3v) is 2.67. The second-order valence-electron chi connectivity index (χ2n) is 4.24. The first-order valence-electron chi connectivity index (χ1n) is 4.71. The van der Waals surface area contributed by atoms with Crippen LogP contribution in [0, 0.1) is 5.82 Å². The molecule has 76 valence electrons. The maximum atomic E-state index is 13.6. The largest absolute Gasteiger partial charge is 0.376 e. The molecular formula is C11H13F2N. The molecule has 0 fully saturated rings. The fourth-order valence-electron chi connectivity index (χ4n) is 1.76. The number of halogens is 2. The molecule has 0 aliphatic carbocycles. The summed E-state index contributed by atoms with van der Waals surface area (Å²) in [4.78, 5) is 0. The molecule has 1 unspecified atom stereocenters. The Morgan fingerprint density at radius 3 is 2.71 bits per heavy atom. The van der Waals surface area contributed by atoms with Crippen LogP contribution in [0.4, 0.5) is 14.5 Å². The van der Waals surface area contributed by atoms with Crippen molar-refractivity contribution in [1.29, 1.82) is 0 Å². The Hall–Kier alpha value is -1.12. The average Bonchev–Trinajstić information content (AvgIpc) is 2.48. The first kappa shape index (κ1) is 9.44. The van der Waals surface area contributed by atoms with E-state index in [4.69, 9.17) is 0 Å². The van der Waals surface area contributed by atoms with Gasteiger partial charge in [0.25, 0.3) is 0 Å². The summed E-state index contributed by atoms with van der Waals surface area (Å²) in [5.74, 6) is -0.297. The molecule has 1 aromatic rings. The molecule has 3 heteroatoms. The number of anilines is 1. The van der Waals surface area contributed by atoms with Gasteiger partial charge in [0.15, 0.2) is 0 Å². The molecule has 2 rings (SSSR count). The number of hydrogen-bond donors (Lipinski definition) is 1. The van der Waals surface area contributed by atoms with Crippen molar-refractivity contribution in [1.82, 2.24) is 0 Å². The number of rotatable bonds is 1. The molecule has 1 aliphatic rings. The first-order chi connectivity index (χ1) is 6.48. The molecule has 14 heavy (non-hydrogen) atoms. The van der Waals surface area contributed by atoms with Crippen LogP contribution in [0.15, 0.2) is 18.2 Å². The van der Waals surface area contributed by atoms with Crippen LogP contribution < -0.4 is 5.32 Å². The van der Waals surface area contributed by atoms with Crippen LogP contribution in [0.1, 0.15) is 19.4 Å². The summed E-state index contributed by atoms with van der Waals surface area (Å²) < 4.78 is 26.9. The summed E-state index contributed by atoms with van der Waals surface area (Å²) in [5, 5.41) is 2.89. The summed E-state index contributed by atoms with van der Waals surface area (Å²) in [6.45, 7) is 3.02. The van der Waals surface area contributed by atoms with Gasteiger partial charge in [-0.15, -0.1) is 0 Å². The minimum atomic E-state index is -1.33. The van der Waals surface area contributed by atoms with Crippen molar-refractivity contribution in [2.24, 2.45) is 0 Å². The Kier molecular flexibility index (Phi) is 1.98. The minimum Gasteiger partial charge on any atom is -0.376 e. The third-order valence-electron chi connectivity index (χ3n) is 2.67. The summed E-state index contributed by atoms with van der Waals surface area (Å²) in [6, 6.07) is 4.55. The van der Waals surface area contributed by atoms with Gasteiger partial charge in [-0.05, 0) is 31.9 Å². The van der Waals surface area contributed by atoms with Crippen molar-refractivity contribution >= 4 is 5.69 Å². The highest BCUT2D eigenvalue weighted by atomic mass is 19.1. The number of fused-ring (bicyclic) bond motifs is 1. The molecule has 1 heterocycles. The van der Waals surface area contributed by atoms with Crippen molar-refractivity contribution in [3.8, 4) is 0 Å². The van der Waals surface area contributed by atoms with Crippen molar-refractivity contribution < 1.29 is 8.78 Å². The quantitative estimate of drug-likeness (QED) is 0.729. The Labute approximate surface area is 82.1 Å². The molecular weight excluding hydrogens is 184 g/mol. The highest BCUT2D eigenvalue weighted by Crippen LogP contribution is 2.33. The van der Waals surface area contributed by atoms with Gasteiger partial charge in [-0.3, -0.25) is 0 Å². The predicted molar refractivity (Wildman–Crippen MR) is 52.7 cm³/mol. The number of para-hydroxylation sites is 1. The fourth-order valence-corrected chi connectivity index (χ4v) is 1.76. The third kappa shape index (κ3) is 1.47. The molecule has 1 aromatic carbocycles. The molecule has 0 saturated carbocycles. The van der Waals surface area contributed by atoms with Crippen LogP contribution in [0.3, 0.4) is 0 Å². The topological polar surface area (TPSA) is 12.0 Å². The van der Waals surface area contributed by atoms with E-state index < -0.39 is 5.67 Å². The van der Waals surface area contributed by atoms with Crippen molar-refractivity contribution in [3.05, 3.63) is 29.6 Å². The van der Waals surface area contributed by atoms with Crippen molar-refractivity contribution in [2.45, 2.75) is 32.0 Å². The summed E-state index contributed by atoms with van der Waals surface area (Å²) >= 11 is 0. The van der Waals surface area contributed by atoms with Gasteiger partial charge in [0.1, 0.15) is 11.5 Å². The number of hydrogen-bond acceptors (Lipinski definition) is 1. The normalized spacial score (nSPS) is 20.4. The lowest BCUT2D eigenvalue weighted by Crippen LogP contribution is -2.36. The molecule has 0 bridgehead atoms. The second kappa shape index (κ2) is 2.94. The fraction of sp³-hybridized carbons (Fsp3) is 0.455. The van der Waals surface area contributed by atoms with Crippen LogP contribution in [-0.4, -0.2) is 11.7 Å². The SMILES string of the molecule is CC(C)(F)C1Cc2cccc(F)c2N1. The van der Waals surface area contributed by atoms with E-state index in [1.807, 2.05) is 6.07 Å². The molecule has 0 radical (unpaired) electrons. The summed E-state index contributed by atoms with van der Waals surface area (Å²) in [7, 11) is 0. The van der Waals surface area contributed by atoms with E-state index >= 15 is 0 Å². The monoisotopic (exact) mass is 197 g/mol. The number of alkyl halides is 1. The maximum Gasteiger partial charge on any atom is 0.146 e. The zero-order valence-electron chi connectivity index (χ0n) is 8.27. The highest BCUT2D eigenvalue weighted by molar-refractivity contribution is 5.58. The lowest BCUT2D eigenvalue weighted by molar-refractivity contribution is 0.186. The Bertz CT molecular complexity index is 355.